The van der Waals surface area contributed by atoms with Gasteiger partial charge in [-0.15, -0.1) is 5.10 Å². The van der Waals surface area contributed by atoms with Crippen LogP contribution in [0, 0.1) is 0 Å². The van der Waals surface area contributed by atoms with Gasteiger partial charge in [-0.25, -0.2) is 14.5 Å². The van der Waals surface area contributed by atoms with Crippen molar-refractivity contribution in [3.8, 4) is 22.7 Å². The number of hydrogen-bond acceptors (Lipinski definition) is 5. The van der Waals surface area contributed by atoms with E-state index in [1.165, 1.54) is 25.7 Å². The molecule has 1 amide bonds. The monoisotopic (exact) mass is 419 g/mol. The molecule has 0 bridgehead atoms. The van der Waals surface area contributed by atoms with Gasteiger partial charge in [-0.2, -0.15) is 0 Å². The van der Waals surface area contributed by atoms with Gasteiger partial charge in [0.15, 0.2) is 5.58 Å². The summed E-state index contributed by atoms with van der Waals surface area (Å²) in [4.78, 5) is 14.0. The molecule has 0 saturated heterocycles. The Hall–Kier alpha value is -3.68. The fraction of sp³-hybridized carbons (Fsp3) is 0.304. The predicted molar refractivity (Wildman–Crippen MR) is 118 cm³/mol. The number of amides is 1. The van der Waals surface area contributed by atoms with E-state index in [0.29, 0.717) is 18.5 Å². The van der Waals surface area contributed by atoms with E-state index in [-0.39, 0.29) is 0 Å². The molecule has 2 aromatic carbocycles. The van der Waals surface area contributed by atoms with E-state index in [2.05, 4.69) is 37.4 Å². The molecule has 4 aromatic rings. The van der Waals surface area contributed by atoms with Crippen LogP contribution in [0.1, 0.15) is 38.6 Å². The van der Waals surface area contributed by atoms with Crippen LogP contribution in [0.3, 0.4) is 0 Å². The highest BCUT2D eigenvalue weighted by Gasteiger charge is 2.21. The van der Waals surface area contributed by atoms with E-state index in [4.69, 9.17) is 9.52 Å². The SMILES string of the molecule is CCNC(=O)O.c1ccc2oc(-c3ccc(-c4cnnn4C4CCCC4)cc3)nc2c1. The third-order valence-corrected chi connectivity index (χ3v) is 5.29. The number of aromatic nitrogens is 4. The van der Waals surface area contributed by atoms with Crippen molar-refractivity contribution in [2.24, 2.45) is 0 Å². The summed E-state index contributed by atoms with van der Waals surface area (Å²) in [6.07, 6.45) is 5.83. The first-order valence-corrected chi connectivity index (χ1v) is 10.5. The molecule has 2 aromatic heterocycles. The minimum absolute atomic E-state index is 0.481. The summed E-state index contributed by atoms with van der Waals surface area (Å²) in [5.74, 6) is 0.648. The molecule has 0 radical (unpaired) electrons. The predicted octanol–water partition coefficient (Wildman–Crippen LogP) is 5.14. The third-order valence-electron chi connectivity index (χ3n) is 5.29. The lowest BCUT2D eigenvalue weighted by molar-refractivity contribution is 0.195. The van der Waals surface area contributed by atoms with Crippen LogP contribution in [0.4, 0.5) is 4.79 Å². The van der Waals surface area contributed by atoms with Crippen LogP contribution in [0.15, 0.2) is 59.1 Å². The zero-order chi connectivity index (χ0) is 21.6. The Labute approximate surface area is 179 Å². The first-order chi connectivity index (χ1) is 15.2. The van der Waals surface area contributed by atoms with Crippen molar-refractivity contribution < 1.29 is 14.3 Å². The Morgan fingerprint density at radius 3 is 2.48 bits per heavy atom. The standard InChI is InChI=1S/C20H18N4O.C3H7NO2/c1-2-6-16(5-1)24-18(13-21-23-24)14-9-11-15(12-10-14)20-22-17-7-3-4-8-19(17)25-20;1-2-4-3(5)6/h3-4,7-13,16H,1-2,5-6H2;4H,2H2,1H3,(H,5,6). The summed E-state index contributed by atoms with van der Waals surface area (Å²) in [6, 6.07) is 16.6. The van der Waals surface area contributed by atoms with Crippen molar-refractivity contribution in [1.82, 2.24) is 25.3 Å². The Kier molecular flexibility index (Phi) is 6.26. The fourth-order valence-corrected chi connectivity index (χ4v) is 3.80. The molecule has 8 nitrogen and oxygen atoms in total. The van der Waals surface area contributed by atoms with E-state index in [1.54, 1.807) is 6.92 Å². The van der Waals surface area contributed by atoms with Gasteiger partial charge in [-0.1, -0.05) is 42.3 Å². The molecule has 1 aliphatic rings. The van der Waals surface area contributed by atoms with Crippen LogP contribution >= 0.6 is 0 Å². The molecule has 5 rings (SSSR count). The van der Waals surface area contributed by atoms with Gasteiger partial charge in [0.05, 0.1) is 17.9 Å². The minimum Gasteiger partial charge on any atom is -0.465 e. The first-order valence-electron chi connectivity index (χ1n) is 10.5. The smallest absolute Gasteiger partial charge is 0.404 e. The zero-order valence-electron chi connectivity index (χ0n) is 17.4. The average Bonchev–Trinajstić information content (AvgIpc) is 3.54. The van der Waals surface area contributed by atoms with Gasteiger partial charge in [0, 0.05) is 17.7 Å². The lowest BCUT2D eigenvalue weighted by Gasteiger charge is -2.12. The summed E-state index contributed by atoms with van der Waals surface area (Å²) in [5, 5.41) is 18.4. The van der Waals surface area contributed by atoms with E-state index in [1.807, 2.05) is 42.6 Å². The molecular formula is C23H25N5O3. The lowest BCUT2D eigenvalue weighted by Crippen LogP contribution is -2.19. The maximum atomic E-state index is 9.49. The molecule has 8 heteroatoms. The largest absolute Gasteiger partial charge is 0.465 e. The highest BCUT2D eigenvalue weighted by molar-refractivity contribution is 5.76. The van der Waals surface area contributed by atoms with Crippen molar-refractivity contribution in [1.29, 1.82) is 0 Å². The van der Waals surface area contributed by atoms with Crippen LogP contribution in [-0.2, 0) is 0 Å². The quantitative estimate of drug-likeness (QED) is 0.474. The van der Waals surface area contributed by atoms with Gasteiger partial charge in [0.25, 0.3) is 0 Å². The van der Waals surface area contributed by atoms with Crippen molar-refractivity contribution in [2.75, 3.05) is 6.54 Å². The molecule has 1 fully saturated rings. The molecule has 2 heterocycles. The highest BCUT2D eigenvalue weighted by Crippen LogP contribution is 2.33. The summed E-state index contributed by atoms with van der Waals surface area (Å²) >= 11 is 0. The van der Waals surface area contributed by atoms with Crippen molar-refractivity contribution in [3.05, 3.63) is 54.7 Å². The summed E-state index contributed by atoms with van der Waals surface area (Å²) < 4.78 is 7.93. The van der Waals surface area contributed by atoms with Crippen LogP contribution in [0.5, 0.6) is 0 Å². The summed E-state index contributed by atoms with van der Waals surface area (Å²) in [6.45, 7) is 2.21. The maximum absolute atomic E-state index is 9.49. The average molecular weight is 419 g/mol. The molecule has 1 aliphatic carbocycles. The maximum Gasteiger partial charge on any atom is 0.404 e. The highest BCUT2D eigenvalue weighted by atomic mass is 16.4. The second kappa shape index (κ2) is 9.42. The Balaban J connectivity index is 0.000000342. The molecule has 0 spiro atoms. The number of carboxylic acid groups (broad SMARTS) is 1. The van der Waals surface area contributed by atoms with Gasteiger partial charge in [0.2, 0.25) is 5.89 Å². The van der Waals surface area contributed by atoms with Crippen LogP contribution in [0.2, 0.25) is 0 Å². The first kappa shape index (κ1) is 20.6. The van der Waals surface area contributed by atoms with E-state index in [9.17, 15) is 4.79 Å². The molecule has 0 unspecified atom stereocenters. The van der Waals surface area contributed by atoms with Crippen LogP contribution < -0.4 is 5.32 Å². The van der Waals surface area contributed by atoms with Crippen LogP contribution in [-0.4, -0.2) is 37.7 Å². The molecule has 2 N–H and O–H groups in total. The van der Waals surface area contributed by atoms with Crippen molar-refractivity contribution in [2.45, 2.75) is 38.6 Å². The molecule has 160 valence electrons. The fourth-order valence-electron chi connectivity index (χ4n) is 3.80. The van der Waals surface area contributed by atoms with Gasteiger partial charge in [0.1, 0.15) is 5.52 Å². The van der Waals surface area contributed by atoms with E-state index < -0.39 is 6.09 Å². The third kappa shape index (κ3) is 4.74. The van der Waals surface area contributed by atoms with Gasteiger partial charge in [-0.3, -0.25) is 0 Å². The lowest BCUT2D eigenvalue weighted by atomic mass is 10.1. The Morgan fingerprint density at radius 2 is 1.84 bits per heavy atom. The summed E-state index contributed by atoms with van der Waals surface area (Å²) in [5.41, 5.74) is 4.86. The number of benzene rings is 2. The van der Waals surface area contributed by atoms with Gasteiger partial charge in [-0.05, 0) is 44.0 Å². The number of hydrogen-bond donors (Lipinski definition) is 2. The van der Waals surface area contributed by atoms with Crippen LogP contribution in [0.25, 0.3) is 33.8 Å². The second-order valence-electron chi connectivity index (χ2n) is 7.40. The zero-order valence-corrected chi connectivity index (χ0v) is 17.4. The number of para-hydroxylation sites is 2. The molecule has 0 aliphatic heterocycles. The normalized spacial score (nSPS) is 13.7. The topological polar surface area (TPSA) is 106 Å². The molecule has 0 atom stereocenters. The number of rotatable bonds is 4. The number of fused-ring (bicyclic) bond motifs is 1. The van der Waals surface area contributed by atoms with Crippen molar-refractivity contribution in [3.63, 3.8) is 0 Å². The Morgan fingerprint density at radius 1 is 1.13 bits per heavy atom. The number of oxazole rings is 1. The Bertz CT molecular complexity index is 1110. The van der Waals surface area contributed by atoms with E-state index >= 15 is 0 Å². The molecule has 1 saturated carbocycles. The number of carbonyl (C=O) groups is 1. The number of nitrogens with one attached hydrogen (secondary N) is 1. The van der Waals surface area contributed by atoms with Gasteiger partial charge >= 0.3 is 6.09 Å². The van der Waals surface area contributed by atoms with E-state index in [0.717, 1.165) is 27.9 Å². The minimum atomic E-state index is -0.961. The molecular weight excluding hydrogens is 394 g/mol. The van der Waals surface area contributed by atoms with Crippen molar-refractivity contribution >= 4 is 17.2 Å². The second-order valence-corrected chi connectivity index (χ2v) is 7.40. The number of nitrogens with zero attached hydrogens (tertiary/aromatic N) is 4. The summed E-state index contributed by atoms with van der Waals surface area (Å²) in [7, 11) is 0. The molecule has 31 heavy (non-hydrogen) atoms. The van der Waals surface area contributed by atoms with Gasteiger partial charge < -0.3 is 14.8 Å².